The minimum atomic E-state index is -0.0748. The molecule has 0 amide bonds. The highest BCUT2D eigenvalue weighted by Gasteiger charge is 2.08. The van der Waals surface area contributed by atoms with E-state index < -0.39 is 0 Å². The van der Waals surface area contributed by atoms with Crippen LogP contribution in [0.1, 0.15) is 17.2 Å². The molecule has 0 bridgehead atoms. The lowest BCUT2D eigenvalue weighted by molar-refractivity contribution is 0.719. The molecule has 0 aliphatic rings. The predicted octanol–water partition coefficient (Wildman–Crippen LogP) is 3.74. The maximum Gasteiger partial charge on any atom is 0.0420 e. The fraction of sp³-hybridized carbons (Fsp3) is 0.154. The number of pyridine rings is 1. The second kappa shape index (κ2) is 5.63. The van der Waals surface area contributed by atoms with Gasteiger partial charge >= 0.3 is 0 Å². The molecule has 1 heterocycles. The monoisotopic (exact) mass is 310 g/mol. The van der Waals surface area contributed by atoms with Crippen LogP contribution < -0.4 is 5.73 Å². The molecule has 2 aromatic rings. The lowest BCUT2D eigenvalue weighted by atomic mass is 10.0. The van der Waals surface area contributed by atoms with Crippen molar-refractivity contribution in [1.29, 1.82) is 0 Å². The molecule has 17 heavy (non-hydrogen) atoms. The number of aromatic nitrogens is 1. The van der Waals surface area contributed by atoms with Crippen molar-refractivity contribution in [3.8, 4) is 0 Å². The van der Waals surface area contributed by atoms with Crippen LogP contribution in [0.2, 0.25) is 5.02 Å². The molecule has 0 saturated heterocycles. The van der Waals surface area contributed by atoms with Crippen LogP contribution in [0, 0.1) is 0 Å². The normalized spacial score (nSPS) is 12.4. The van der Waals surface area contributed by atoms with Gasteiger partial charge in [-0.1, -0.05) is 33.6 Å². The average Bonchev–Trinajstić information content (AvgIpc) is 2.29. The van der Waals surface area contributed by atoms with Gasteiger partial charge in [0, 0.05) is 27.9 Å². The second-order valence-corrected chi connectivity index (χ2v) is 5.23. The molecule has 0 aliphatic carbocycles. The van der Waals surface area contributed by atoms with Gasteiger partial charge in [0.05, 0.1) is 0 Å². The Morgan fingerprint density at radius 3 is 2.82 bits per heavy atom. The van der Waals surface area contributed by atoms with Crippen LogP contribution in [0.3, 0.4) is 0 Å². The molecule has 88 valence electrons. The second-order valence-electron chi connectivity index (χ2n) is 3.87. The van der Waals surface area contributed by atoms with E-state index >= 15 is 0 Å². The molecule has 0 fully saturated rings. The van der Waals surface area contributed by atoms with Gasteiger partial charge in [-0.25, -0.2) is 0 Å². The fourth-order valence-corrected chi connectivity index (χ4v) is 2.57. The molecule has 1 unspecified atom stereocenters. The first-order valence-corrected chi connectivity index (χ1v) is 6.43. The standard InChI is InChI=1S/C13H12BrClN2/c14-11-5-10(6-12(15)7-11)13(16)4-9-2-1-3-17-8-9/h1-3,5-8,13H,4,16H2. The van der Waals surface area contributed by atoms with Gasteiger partial charge in [0.25, 0.3) is 0 Å². The van der Waals surface area contributed by atoms with Crippen molar-refractivity contribution in [3.05, 3.63) is 63.3 Å². The SMILES string of the molecule is NC(Cc1cccnc1)c1cc(Cl)cc(Br)c1. The fourth-order valence-electron chi connectivity index (χ4n) is 1.68. The van der Waals surface area contributed by atoms with Crippen molar-refractivity contribution < 1.29 is 0 Å². The molecule has 1 aromatic carbocycles. The molecule has 4 heteroatoms. The first-order chi connectivity index (χ1) is 8.15. The number of hydrogen-bond donors (Lipinski definition) is 1. The van der Waals surface area contributed by atoms with Crippen LogP contribution in [-0.4, -0.2) is 4.98 Å². The molecule has 0 aliphatic heterocycles. The maximum atomic E-state index is 6.16. The molecule has 2 nitrogen and oxygen atoms in total. The lowest BCUT2D eigenvalue weighted by Gasteiger charge is -2.12. The van der Waals surface area contributed by atoms with E-state index in [0.717, 1.165) is 22.0 Å². The number of hydrogen-bond acceptors (Lipinski definition) is 2. The Morgan fingerprint density at radius 2 is 2.18 bits per heavy atom. The van der Waals surface area contributed by atoms with Crippen molar-refractivity contribution in [2.24, 2.45) is 5.73 Å². The zero-order chi connectivity index (χ0) is 12.3. The topological polar surface area (TPSA) is 38.9 Å². The van der Waals surface area contributed by atoms with E-state index in [2.05, 4.69) is 20.9 Å². The van der Waals surface area contributed by atoms with E-state index in [4.69, 9.17) is 17.3 Å². The third-order valence-corrected chi connectivity index (χ3v) is 3.17. The Hall–Kier alpha value is -0.900. The number of halogens is 2. The summed E-state index contributed by atoms with van der Waals surface area (Å²) in [4.78, 5) is 4.08. The molecule has 0 saturated carbocycles. The van der Waals surface area contributed by atoms with E-state index in [1.165, 1.54) is 0 Å². The van der Waals surface area contributed by atoms with Crippen molar-refractivity contribution in [2.45, 2.75) is 12.5 Å². The van der Waals surface area contributed by atoms with E-state index in [-0.39, 0.29) is 6.04 Å². The van der Waals surface area contributed by atoms with Gasteiger partial charge in [0.2, 0.25) is 0 Å². The minimum absolute atomic E-state index is 0.0748. The highest BCUT2D eigenvalue weighted by Crippen LogP contribution is 2.24. The van der Waals surface area contributed by atoms with Gasteiger partial charge < -0.3 is 5.73 Å². The van der Waals surface area contributed by atoms with Gasteiger partial charge in [-0.3, -0.25) is 4.98 Å². The van der Waals surface area contributed by atoms with Crippen molar-refractivity contribution in [1.82, 2.24) is 4.98 Å². The Labute approximate surface area is 114 Å². The summed E-state index contributed by atoms with van der Waals surface area (Å²) in [6, 6.07) is 9.60. The smallest absolute Gasteiger partial charge is 0.0420 e. The average molecular weight is 312 g/mol. The van der Waals surface area contributed by atoms with Gasteiger partial charge in [0.15, 0.2) is 0 Å². The van der Waals surface area contributed by atoms with Crippen LogP contribution in [-0.2, 0) is 6.42 Å². The van der Waals surface area contributed by atoms with Crippen molar-refractivity contribution in [2.75, 3.05) is 0 Å². The highest BCUT2D eigenvalue weighted by atomic mass is 79.9. The van der Waals surface area contributed by atoms with Crippen LogP contribution in [0.25, 0.3) is 0 Å². The van der Waals surface area contributed by atoms with Crippen LogP contribution in [0.4, 0.5) is 0 Å². The summed E-state index contributed by atoms with van der Waals surface area (Å²) < 4.78 is 0.946. The number of benzene rings is 1. The third-order valence-electron chi connectivity index (χ3n) is 2.49. The molecule has 0 radical (unpaired) electrons. The van der Waals surface area contributed by atoms with E-state index in [1.807, 2.05) is 36.5 Å². The Morgan fingerprint density at radius 1 is 1.35 bits per heavy atom. The van der Waals surface area contributed by atoms with Crippen molar-refractivity contribution >= 4 is 27.5 Å². The first-order valence-electron chi connectivity index (χ1n) is 5.25. The number of rotatable bonds is 3. The number of nitrogens with two attached hydrogens (primary N) is 1. The molecular weight excluding hydrogens is 300 g/mol. The summed E-state index contributed by atoms with van der Waals surface area (Å²) in [5, 5.41) is 0.691. The quantitative estimate of drug-likeness (QED) is 0.938. The van der Waals surface area contributed by atoms with E-state index in [1.54, 1.807) is 6.20 Å². The van der Waals surface area contributed by atoms with Gasteiger partial charge in [-0.05, 0) is 41.8 Å². The molecule has 2 N–H and O–H groups in total. The summed E-state index contributed by atoms with van der Waals surface area (Å²) in [6.45, 7) is 0. The van der Waals surface area contributed by atoms with Crippen LogP contribution in [0.15, 0.2) is 47.2 Å². The Bertz CT molecular complexity index is 482. The number of nitrogens with zero attached hydrogens (tertiary/aromatic N) is 1. The maximum absolute atomic E-state index is 6.16. The zero-order valence-corrected chi connectivity index (χ0v) is 11.4. The van der Waals surface area contributed by atoms with Gasteiger partial charge in [-0.2, -0.15) is 0 Å². The summed E-state index contributed by atoms with van der Waals surface area (Å²) in [6.07, 6.45) is 4.34. The predicted molar refractivity (Wildman–Crippen MR) is 74.0 cm³/mol. The highest BCUT2D eigenvalue weighted by molar-refractivity contribution is 9.10. The molecular formula is C13H12BrClN2. The largest absolute Gasteiger partial charge is 0.324 e. The van der Waals surface area contributed by atoms with E-state index in [0.29, 0.717) is 5.02 Å². The van der Waals surface area contributed by atoms with Crippen LogP contribution >= 0.6 is 27.5 Å². The molecule has 2 rings (SSSR count). The summed E-state index contributed by atoms with van der Waals surface area (Å²) in [5.41, 5.74) is 8.30. The Balaban J connectivity index is 2.17. The third kappa shape index (κ3) is 3.53. The molecule has 1 aromatic heterocycles. The minimum Gasteiger partial charge on any atom is -0.324 e. The van der Waals surface area contributed by atoms with Crippen molar-refractivity contribution in [3.63, 3.8) is 0 Å². The van der Waals surface area contributed by atoms with Gasteiger partial charge in [-0.15, -0.1) is 0 Å². The molecule has 0 spiro atoms. The Kier molecular flexibility index (Phi) is 4.15. The van der Waals surface area contributed by atoms with Gasteiger partial charge in [0.1, 0.15) is 0 Å². The van der Waals surface area contributed by atoms with Crippen LogP contribution in [0.5, 0.6) is 0 Å². The zero-order valence-electron chi connectivity index (χ0n) is 9.11. The summed E-state index contributed by atoms with van der Waals surface area (Å²) in [5.74, 6) is 0. The summed E-state index contributed by atoms with van der Waals surface area (Å²) >= 11 is 9.41. The summed E-state index contributed by atoms with van der Waals surface area (Å²) in [7, 11) is 0. The lowest BCUT2D eigenvalue weighted by Crippen LogP contribution is -2.13. The molecule has 1 atom stereocenters. The first kappa shape index (κ1) is 12.6. The van der Waals surface area contributed by atoms with E-state index in [9.17, 15) is 0 Å².